The van der Waals surface area contributed by atoms with Crippen LogP contribution in [0.4, 0.5) is 0 Å². The molecule has 4 nitrogen and oxygen atoms in total. The van der Waals surface area contributed by atoms with Crippen molar-refractivity contribution in [3.8, 4) is 22.9 Å². The van der Waals surface area contributed by atoms with E-state index >= 15 is 0 Å². The first-order chi connectivity index (χ1) is 8.65. The third-order valence-corrected chi connectivity index (χ3v) is 2.88. The van der Waals surface area contributed by atoms with Crippen LogP contribution in [0.5, 0.6) is 11.5 Å². The highest BCUT2D eigenvalue weighted by molar-refractivity contribution is 7.75. The average Bonchev–Trinajstić information content (AvgIpc) is 2.39. The summed E-state index contributed by atoms with van der Waals surface area (Å²) in [6.45, 7) is 3.94. The van der Waals surface area contributed by atoms with Crippen LogP contribution >= 0.6 is 12.9 Å². The standard InChI is InChI=1S/C13H14N2O2S/c1-8-4-10(16-3)6-14-12(8)13-9(2)5-11(17-18)7-15-13/h4-7,18H,1-3H3. The lowest BCUT2D eigenvalue weighted by atomic mass is 10.1. The predicted octanol–water partition coefficient (Wildman–Crippen LogP) is 2.99. The van der Waals surface area contributed by atoms with E-state index < -0.39 is 0 Å². The van der Waals surface area contributed by atoms with Gasteiger partial charge in [-0.2, -0.15) is 0 Å². The molecule has 0 spiro atoms. The lowest BCUT2D eigenvalue weighted by Crippen LogP contribution is -1.96. The van der Waals surface area contributed by atoms with E-state index in [9.17, 15) is 0 Å². The number of methoxy groups -OCH3 is 1. The van der Waals surface area contributed by atoms with Crippen molar-refractivity contribution in [2.45, 2.75) is 13.8 Å². The number of ether oxygens (including phenoxy) is 1. The van der Waals surface area contributed by atoms with Gasteiger partial charge in [0, 0.05) is 12.9 Å². The van der Waals surface area contributed by atoms with Crippen molar-refractivity contribution in [2.75, 3.05) is 7.11 Å². The molecule has 0 unspecified atom stereocenters. The molecule has 2 rings (SSSR count). The summed E-state index contributed by atoms with van der Waals surface area (Å²) in [5.74, 6) is 1.36. The molecule has 0 fully saturated rings. The fourth-order valence-electron chi connectivity index (χ4n) is 1.76. The minimum Gasteiger partial charge on any atom is -0.495 e. The summed E-state index contributed by atoms with van der Waals surface area (Å²) < 4.78 is 9.98. The molecule has 2 heterocycles. The Balaban J connectivity index is 2.48. The molecule has 0 aliphatic heterocycles. The number of nitrogens with zero attached hydrogens (tertiary/aromatic N) is 2. The van der Waals surface area contributed by atoms with Crippen LogP contribution in [0.2, 0.25) is 0 Å². The van der Waals surface area contributed by atoms with Crippen molar-refractivity contribution < 1.29 is 8.92 Å². The first kappa shape index (κ1) is 12.7. The molecular weight excluding hydrogens is 248 g/mol. The summed E-state index contributed by atoms with van der Waals surface area (Å²) in [7, 11) is 1.62. The summed E-state index contributed by atoms with van der Waals surface area (Å²) >= 11 is 3.75. The maximum atomic E-state index is 5.14. The van der Waals surface area contributed by atoms with Crippen LogP contribution in [-0.2, 0) is 0 Å². The first-order valence-electron chi connectivity index (χ1n) is 5.44. The Bertz CT molecular complexity index is 521. The van der Waals surface area contributed by atoms with Gasteiger partial charge in [0.25, 0.3) is 0 Å². The van der Waals surface area contributed by atoms with Gasteiger partial charge in [-0.3, -0.25) is 9.97 Å². The second kappa shape index (κ2) is 5.27. The largest absolute Gasteiger partial charge is 0.495 e. The van der Waals surface area contributed by atoms with Gasteiger partial charge in [0.15, 0.2) is 5.75 Å². The topological polar surface area (TPSA) is 44.2 Å². The lowest BCUT2D eigenvalue weighted by molar-refractivity contribution is 0.412. The zero-order chi connectivity index (χ0) is 13.1. The van der Waals surface area contributed by atoms with Gasteiger partial charge in [-0.1, -0.05) is 0 Å². The fraction of sp³-hybridized carbons (Fsp3) is 0.231. The second-order valence-corrected chi connectivity index (χ2v) is 4.15. The highest BCUT2D eigenvalue weighted by Gasteiger charge is 2.10. The van der Waals surface area contributed by atoms with Gasteiger partial charge in [0.1, 0.15) is 5.75 Å². The quantitative estimate of drug-likeness (QED) is 0.682. The predicted molar refractivity (Wildman–Crippen MR) is 73.1 cm³/mol. The van der Waals surface area contributed by atoms with Crippen LogP contribution in [0.25, 0.3) is 11.4 Å². The molecule has 0 saturated heterocycles. The van der Waals surface area contributed by atoms with E-state index in [0.29, 0.717) is 5.75 Å². The van der Waals surface area contributed by atoms with Gasteiger partial charge in [0.05, 0.1) is 30.9 Å². The van der Waals surface area contributed by atoms with Crippen LogP contribution in [0.3, 0.4) is 0 Å². The Hall–Kier alpha value is -1.75. The Morgan fingerprint density at radius 1 is 0.944 bits per heavy atom. The number of pyridine rings is 2. The van der Waals surface area contributed by atoms with E-state index in [4.69, 9.17) is 8.92 Å². The Morgan fingerprint density at radius 3 is 1.89 bits per heavy atom. The van der Waals surface area contributed by atoms with Crippen LogP contribution in [0.15, 0.2) is 24.5 Å². The molecule has 0 atom stereocenters. The van der Waals surface area contributed by atoms with Crippen molar-refractivity contribution in [2.24, 2.45) is 0 Å². The van der Waals surface area contributed by atoms with Crippen molar-refractivity contribution in [3.05, 3.63) is 35.7 Å². The van der Waals surface area contributed by atoms with Gasteiger partial charge in [-0.25, -0.2) is 0 Å². The van der Waals surface area contributed by atoms with Gasteiger partial charge in [-0.05, 0) is 37.1 Å². The lowest BCUT2D eigenvalue weighted by Gasteiger charge is -2.09. The summed E-state index contributed by atoms with van der Waals surface area (Å²) in [5.41, 5.74) is 3.69. The van der Waals surface area contributed by atoms with Crippen LogP contribution in [0, 0.1) is 13.8 Å². The Kier molecular flexibility index (Phi) is 3.72. The summed E-state index contributed by atoms with van der Waals surface area (Å²) in [4.78, 5) is 8.75. The molecular formula is C13H14N2O2S. The number of hydrogen-bond donors (Lipinski definition) is 1. The number of aryl methyl sites for hydroxylation is 2. The first-order valence-corrected chi connectivity index (χ1v) is 5.81. The van der Waals surface area contributed by atoms with Crippen LogP contribution in [0.1, 0.15) is 11.1 Å². The fourth-order valence-corrected chi connectivity index (χ4v) is 1.86. The van der Waals surface area contributed by atoms with Gasteiger partial charge in [-0.15, -0.1) is 0 Å². The molecule has 0 aliphatic rings. The van der Waals surface area contributed by atoms with Crippen molar-refractivity contribution in [3.63, 3.8) is 0 Å². The molecule has 2 aromatic rings. The normalized spacial score (nSPS) is 10.2. The van der Waals surface area contributed by atoms with Crippen LogP contribution < -0.4 is 8.92 Å². The molecule has 0 bridgehead atoms. The Labute approximate surface area is 112 Å². The van der Waals surface area contributed by atoms with Gasteiger partial charge >= 0.3 is 0 Å². The smallest absolute Gasteiger partial charge is 0.155 e. The highest BCUT2D eigenvalue weighted by Crippen LogP contribution is 2.27. The monoisotopic (exact) mass is 262 g/mol. The number of hydrogen-bond acceptors (Lipinski definition) is 5. The van der Waals surface area contributed by atoms with E-state index in [1.807, 2.05) is 26.0 Å². The van der Waals surface area contributed by atoms with Crippen LogP contribution in [-0.4, -0.2) is 17.1 Å². The second-order valence-electron chi connectivity index (χ2n) is 3.97. The summed E-state index contributed by atoms with van der Waals surface area (Å²) in [5, 5.41) is 0. The minimum absolute atomic E-state index is 0.616. The van der Waals surface area contributed by atoms with E-state index in [1.54, 1.807) is 19.5 Å². The van der Waals surface area contributed by atoms with Crippen molar-refractivity contribution in [1.82, 2.24) is 9.97 Å². The molecule has 0 N–H and O–H groups in total. The zero-order valence-corrected chi connectivity index (χ0v) is 11.4. The van der Waals surface area contributed by atoms with E-state index in [-0.39, 0.29) is 0 Å². The molecule has 5 heteroatoms. The van der Waals surface area contributed by atoms with Crippen molar-refractivity contribution in [1.29, 1.82) is 0 Å². The summed E-state index contributed by atoms with van der Waals surface area (Å²) in [6, 6.07) is 3.81. The highest BCUT2D eigenvalue weighted by atomic mass is 32.1. The molecule has 2 aromatic heterocycles. The maximum Gasteiger partial charge on any atom is 0.155 e. The maximum absolute atomic E-state index is 5.14. The summed E-state index contributed by atoms with van der Waals surface area (Å²) in [6.07, 6.45) is 3.31. The molecule has 0 amide bonds. The molecule has 0 saturated carbocycles. The molecule has 0 aliphatic carbocycles. The molecule has 18 heavy (non-hydrogen) atoms. The van der Waals surface area contributed by atoms with E-state index in [0.717, 1.165) is 28.3 Å². The van der Waals surface area contributed by atoms with Gasteiger partial charge < -0.3 is 8.92 Å². The molecule has 0 radical (unpaired) electrons. The number of thiol groups is 1. The average molecular weight is 262 g/mol. The SMILES string of the molecule is COc1cnc(-c2ncc(OS)cc2C)c(C)c1. The number of aromatic nitrogens is 2. The third kappa shape index (κ3) is 2.41. The zero-order valence-electron chi connectivity index (χ0n) is 10.5. The van der Waals surface area contributed by atoms with Gasteiger partial charge in [0.2, 0.25) is 0 Å². The molecule has 94 valence electrons. The third-order valence-electron chi connectivity index (χ3n) is 2.67. The number of rotatable bonds is 3. The van der Waals surface area contributed by atoms with E-state index in [1.165, 1.54) is 0 Å². The van der Waals surface area contributed by atoms with Crippen molar-refractivity contribution >= 4 is 12.9 Å². The Morgan fingerprint density at radius 2 is 1.44 bits per heavy atom. The minimum atomic E-state index is 0.616. The molecule has 0 aromatic carbocycles. The van der Waals surface area contributed by atoms with E-state index in [2.05, 4.69) is 22.9 Å².